The monoisotopic (exact) mass is 305 g/mol. The number of nitro benzene ring substituents is 1. The molecule has 0 fully saturated rings. The number of carbonyl (C=O) groups excluding carboxylic acids is 1. The summed E-state index contributed by atoms with van der Waals surface area (Å²) in [4.78, 5) is 22.1. The number of amides is 1. The smallest absolute Gasteiger partial charge is 0.285 e. The number of nitrogens with one attached hydrogen (secondary N) is 2. The largest absolute Gasteiger partial charge is 0.352 e. The van der Waals surface area contributed by atoms with Gasteiger partial charge < -0.3 is 10.6 Å². The molecular weight excluding hydrogens is 289 g/mol. The highest BCUT2D eigenvalue weighted by molar-refractivity contribution is 5.98. The van der Waals surface area contributed by atoms with E-state index in [2.05, 4.69) is 10.6 Å². The van der Waals surface area contributed by atoms with E-state index in [-0.39, 0.29) is 29.2 Å². The van der Waals surface area contributed by atoms with Crippen LogP contribution in [0.5, 0.6) is 0 Å². The Balaban J connectivity index is 0.00000361. The maximum atomic E-state index is 13.3. The summed E-state index contributed by atoms with van der Waals surface area (Å²) in [5.41, 5.74) is -0.468. The second kappa shape index (κ2) is 8.44. The highest BCUT2D eigenvalue weighted by atomic mass is 35.5. The Morgan fingerprint density at radius 1 is 1.40 bits per heavy atom. The Kier molecular flexibility index (Phi) is 7.71. The minimum absolute atomic E-state index is 0. The van der Waals surface area contributed by atoms with Crippen molar-refractivity contribution < 1.29 is 14.1 Å². The molecule has 0 spiro atoms. The van der Waals surface area contributed by atoms with E-state index in [9.17, 15) is 19.3 Å². The molecule has 0 aromatic heterocycles. The van der Waals surface area contributed by atoms with Gasteiger partial charge in [-0.05, 0) is 39.1 Å². The predicted molar refractivity (Wildman–Crippen MR) is 75.9 cm³/mol. The van der Waals surface area contributed by atoms with Crippen LogP contribution in [0, 0.1) is 22.9 Å². The summed E-state index contributed by atoms with van der Waals surface area (Å²) >= 11 is 0. The molecular formula is C12H17ClFN3O3. The van der Waals surface area contributed by atoms with Crippen LogP contribution in [0.4, 0.5) is 10.1 Å². The van der Waals surface area contributed by atoms with E-state index < -0.39 is 16.6 Å². The molecule has 1 aromatic rings. The van der Waals surface area contributed by atoms with Gasteiger partial charge in [0.05, 0.1) is 4.92 Å². The summed E-state index contributed by atoms with van der Waals surface area (Å²) in [5.74, 6) is -1.30. The van der Waals surface area contributed by atoms with E-state index in [1.54, 1.807) is 7.05 Å². The molecule has 0 aliphatic heterocycles. The fourth-order valence-corrected chi connectivity index (χ4v) is 1.71. The summed E-state index contributed by atoms with van der Waals surface area (Å²) in [5, 5.41) is 16.4. The number of hydrogen-bond acceptors (Lipinski definition) is 4. The lowest BCUT2D eigenvalue weighted by molar-refractivity contribution is -0.385. The minimum atomic E-state index is -0.669. The van der Waals surface area contributed by atoms with Gasteiger partial charge in [-0.3, -0.25) is 14.9 Å². The molecule has 6 nitrogen and oxygen atoms in total. The van der Waals surface area contributed by atoms with Crippen LogP contribution in [-0.2, 0) is 0 Å². The van der Waals surface area contributed by atoms with Gasteiger partial charge in [-0.25, -0.2) is 4.39 Å². The molecule has 1 aromatic carbocycles. The third-order valence-electron chi connectivity index (χ3n) is 2.58. The van der Waals surface area contributed by atoms with Crippen LogP contribution in [0.2, 0.25) is 0 Å². The fourth-order valence-electron chi connectivity index (χ4n) is 1.71. The minimum Gasteiger partial charge on any atom is -0.352 e. The molecule has 0 unspecified atom stereocenters. The van der Waals surface area contributed by atoms with Crippen LogP contribution in [-0.4, -0.2) is 31.0 Å². The van der Waals surface area contributed by atoms with Crippen LogP contribution in [0.15, 0.2) is 12.1 Å². The van der Waals surface area contributed by atoms with E-state index in [1.165, 1.54) is 6.92 Å². The van der Waals surface area contributed by atoms with Gasteiger partial charge >= 0.3 is 0 Å². The summed E-state index contributed by atoms with van der Waals surface area (Å²) < 4.78 is 13.3. The molecule has 20 heavy (non-hydrogen) atoms. The van der Waals surface area contributed by atoms with Gasteiger partial charge in [0, 0.05) is 12.1 Å². The van der Waals surface area contributed by atoms with E-state index >= 15 is 0 Å². The van der Waals surface area contributed by atoms with Crippen LogP contribution < -0.4 is 10.6 Å². The van der Waals surface area contributed by atoms with E-state index in [1.807, 2.05) is 0 Å². The Morgan fingerprint density at radius 3 is 2.60 bits per heavy atom. The van der Waals surface area contributed by atoms with Crippen molar-refractivity contribution in [2.24, 2.45) is 0 Å². The normalized spacial score (nSPS) is 9.75. The SMILES string of the molecule is CNCCCNC(=O)c1cc(F)cc(C)c1[N+](=O)[O-].Cl. The second-order valence-electron chi connectivity index (χ2n) is 4.09. The number of hydrogen-bond donors (Lipinski definition) is 2. The van der Waals surface area contributed by atoms with Crippen LogP contribution >= 0.6 is 12.4 Å². The topological polar surface area (TPSA) is 84.3 Å². The third-order valence-corrected chi connectivity index (χ3v) is 2.58. The van der Waals surface area contributed by atoms with Crippen molar-refractivity contribution in [2.75, 3.05) is 20.1 Å². The molecule has 1 rings (SSSR count). The Hall–Kier alpha value is -1.73. The van der Waals surface area contributed by atoms with Crippen molar-refractivity contribution >= 4 is 24.0 Å². The first kappa shape index (κ1) is 18.3. The van der Waals surface area contributed by atoms with Gasteiger partial charge in [0.1, 0.15) is 11.4 Å². The van der Waals surface area contributed by atoms with Crippen LogP contribution in [0.25, 0.3) is 0 Å². The van der Waals surface area contributed by atoms with Crippen molar-refractivity contribution in [1.29, 1.82) is 0 Å². The standard InChI is InChI=1S/C12H16FN3O3.ClH/c1-8-6-9(13)7-10(11(8)16(18)19)12(17)15-5-3-4-14-2;/h6-7,14H,3-5H2,1-2H3,(H,15,17);1H. The van der Waals surface area contributed by atoms with E-state index in [4.69, 9.17) is 0 Å². The summed E-state index contributed by atoms with van der Waals surface area (Å²) in [6.07, 6.45) is 0.685. The molecule has 0 saturated heterocycles. The Labute approximate surface area is 122 Å². The molecule has 0 atom stereocenters. The zero-order chi connectivity index (χ0) is 14.4. The number of rotatable bonds is 6. The quantitative estimate of drug-likeness (QED) is 0.477. The molecule has 2 N–H and O–H groups in total. The maximum Gasteiger partial charge on any atom is 0.285 e. The van der Waals surface area contributed by atoms with E-state index in [0.717, 1.165) is 12.1 Å². The average Bonchev–Trinajstić information content (AvgIpc) is 2.32. The molecule has 0 radical (unpaired) electrons. The number of aryl methyl sites for hydroxylation is 1. The zero-order valence-electron chi connectivity index (χ0n) is 11.2. The first-order chi connectivity index (χ1) is 8.97. The summed E-state index contributed by atoms with van der Waals surface area (Å²) in [7, 11) is 1.78. The van der Waals surface area contributed by atoms with Gasteiger partial charge in [-0.15, -0.1) is 12.4 Å². The van der Waals surface area contributed by atoms with Gasteiger partial charge in [0.15, 0.2) is 0 Å². The lowest BCUT2D eigenvalue weighted by Gasteiger charge is -2.07. The molecule has 0 saturated carbocycles. The number of nitro groups is 1. The molecule has 0 bridgehead atoms. The Morgan fingerprint density at radius 2 is 2.05 bits per heavy atom. The van der Waals surface area contributed by atoms with Crippen molar-refractivity contribution in [3.8, 4) is 0 Å². The number of halogens is 2. The first-order valence-electron chi connectivity index (χ1n) is 5.84. The highest BCUT2D eigenvalue weighted by Crippen LogP contribution is 2.24. The maximum absolute atomic E-state index is 13.3. The van der Waals surface area contributed by atoms with Gasteiger partial charge in [-0.1, -0.05) is 0 Å². The van der Waals surface area contributed by atoms with Gasteiger partial charge in [-0.2, -0.15) is 0 Å². The third kappa shape index (κ3) is 4.75. The zero-order valence-corrected chi connectivity index (χ0v) is 12.1. The molecule has 112 valence electrons. The van der Waals surface area contributed by atoms with Crippen molar-refractivity contribution in [2.45, 2.75) is 13.3 Å². The predicted octanol–water partition coefficient (Wildman–Crippen LogP) is 1.80. The number of nitrogens with zero attached hydrogens (tertiary/aromatic N) is 1. The van der Waals surface area contributed by atoms with Crippen LogP contribution in [0.1, 0.15) is 22.3 Å². The lowest BCUT2D eigenvalue weighted by Crippen LogP contribution is -2.27. The average molecular weight is 306 g/mol. The molecule has 1 amide bonds. The molecule has 8 heteroatoms. The fraction of sp³-hybridized carbons (Fsp3) is 0.417. The van der Waals surface area contributed by atoms with Crippen molar-refractivity contribution in [3.05, 3.63) is 39.2 Å². The molecule has 0 aliphatic carbocycles. The molecule has 0 aliphatic rings. The van der Waals surface area contributed by atoms with Gasteiger partial charge in [0.25, 0.3) is 11.6 Å². The summed E-state index contributed by atoms with van der Waals surface area (Å²) in [6, 6.07) is 1.93. The molecule has 0 heterocycles. The second-order valence-corrected chi connectivity index (χ2v) is 4.09. The highest BCUT2D eigenvalue weighted by Gasteiger charge is 2.23. The number of carbonyl (C=O) groups is 1. The first-order valence-corrected chi connectivity index (χ1v) is 5.84. The number of benzene rings is 1. The Bertz CT molecular complexity index is 497. The van der Waals surface area contributed by atoms with Crippen LogP contribution in [0.3, 0.4) is 0 Å². The van der Waals surface area contributed by atoms with Crippen molar-refractivity contribution in [1.82, 2.24) is 10.6 Å². The van der Waals surface area contributed by atoms with E-state index in [0.29, 0.717) is 19.5 Å². The lowest BCUT2D eigenvalue weighted by atomic mass is 10.1. The van der Waals surface area contributed by atoms with Crippen molar-refractivity contribution in [3.63, 3.8) is 0 Å². The van der Waals surface area contributed by atoms with Gasteiger partial charge in [0.2, 0.25) is 0 Å². The summed E-state index contributed by atoms with van der Waals surface area (Å²) in [6.45, 7) is 2.48.